The molecule has 12 heavy (non-hydrogen) atoms. The van der Waals surface area contributed by atoms with Crippen LogP contribution in [-0.2, 0) is 0 Å². The van der Waals surface area contributed by atoms with Gasteiger partial charge in [-0.25, -0.2) is 0 Å². The Kier molecular flexibility index (Phi) is 4.03. The predicted octanol–water partition coefficient (Wildman–Crippen LogP) is 2.57. The van der Waals surface area contributed by atoms with Crippen molar-refractivity contribution in [3.05, 3.63) is 0 Å². The summed E-state index contributed by atoms with van der Waals surface area (Å²) in [6.07, 6.45) is -4.14. The van der Waals surface area contributed by atoms with Crippen LogP contribution in [-0.4, -0.2) is 18.3 Å². The lowest BCUT2D eigenvalue weighted by molar-refractivity contribution is -0.153. The zero-order chi connectivity index (χ0) is 9.94. The maximum Gasteiger partial charge on any atom is 0.403 e. The van der Waals surface area contributed by atoms with Crippen molar-refractivity contribution in [2.45, 2.75) is 46.0 Å². The van der Waals surface area contributed by atoms with Gasteiger partial charge in [0.2, 0.25) is 0 Å². The van der Waals surface area contributed by atoms with Crippen molar-refractivity contribution in [1.29, 1.82) is 0 Å². The summed E-state index contributed by atoms with van der Waals surface area (Å²) in [6, 6.07) is -1.53. The van der Waals surface area contributed by atoms with E-state index in [0.29, 0.717) is 0 Å². The van der Waals surface area contributed by atoms with Crippen molar-refractivity contribution >= 4 is 0 Å². The van der Waals surface area contributed by atoms with Crippen molar-refractivity contribution in [2.75, 3.05) is 0 Å². The normalized spacial score (nSPS) is 18.0. The van der Waals surface area contributed by atoms with Gasteiger partial charge in [0.1, 0.15) is 6.04 Å². The molecule has 0 saturated heterocycles. The Hall–Kier alpha value is -0.250. The van der Waals surface area contributed by atoms with Crippen molar-refractivity contribution in [3.63, 3.8) is 0 Å². The average molecular weight is 183 g/mol. The van der Waals surface area contributed by atoms with Crippen LogP contribution in [0, 0.1) is 5.92 Å². The summed E-state index contributed by atoms with van der Waals surface area (Å²) in [4.78, 5) is 0. The van der Waals surface area contributed by atoms with E-state index in [2.05, 4.69) is 5.32 Å². The maximum absolute atomic E-state index is 12.0. The zero-order valence-corrected chi connectivity index (χ0v) is 7.87. The first-order chi connectivity index (χ1) is 5.25. The first kappa shape index (κ1) is 11.8. The molecule has 0 aromatic rings. The molecule has 1 nitrogen and oxygen atoms in total. The average Bonchev–Trinajstić information content (AvgIpc) is 1.85. The van der Waals surface area contributed by atoms with Gasteiger partial charge < -0.3 is 5.32 Å². The number of halogens is 3. The molecule has 0 saturated carbocycles. The fourth-order valence-electron chi connectivity index (χ4n) is 0.681. The lowest BCUT2D eigenvalue weighted by Crippen LogP contribution is -2.46. The minimum Gasteiger partial charge on any atom is -0.304 e. The summed E-state index contributed by atoms with van der Waals surface area (Å²) >= 11 is 0. The molecular formula is C8H16F3N. The monoisotopic (exact) mass is 183 g/mol. The van der Waals surface area contributed by atoms with Crippen LogP contribution in [0.3, 0.4) is 0 Å². The van der Waals surface area contributed by atoms with Gasteiger partial charge in [0.25, 0.3) is 0 Å². The zero-order valence-electron chi connectivity index (χ0n) is 7.87. The van der Waals surface area contributed by atoms with Gasteiger partial charge in [-0.2, -0.15) is 13.2 Å². The molecule has 0 fully saturated rings. The quantitative estimate of drug-likeness (QED) is 0.709. The maximum atomic E-state index is 12.0. The van der Waals surface area contributed by atoms with E-state index in [1.807, 2.05) is 13.8 Å². The molecule has 0 aliphatic rings. The van der Waals surface area contributed by atoms with Gasteiger partial charge in [-0.15, -0.1) is 0 Å². The van der Waals surface area contributed by atoms with Crippen LogP contribution in [0.2, 0.25) is 0 Å². The minimum absolute atomic E-state index is 0.110. The summed E-state index contributed by atoms with van der Waals surface area (Å²) in [5.74, 6) is 0.217. The van der Waals surface area contributed by atoms with Crippen molar-refractivity contribution in [3.8, 4) is 0 Å². The van der Waals surface area contributed by atoms with Crippen LogP contribution in [0.4, 0.5) is 13.2 Å². The third kappa shape index (κ3) is 3.95. The van der Waals surface area contributed by atoms with Crippen LogP contribution in [0.1, 0.15) is 27.7 Å². The van der Waals surface area contributed by atoms with Gasteiger partial charge >= 0.3 is 6.18 Å². The first-order valence-corrected chi connectivity index (χ1v) is 4.08. The van der Waals surface area contributed by atoms with Crippen molar-refractivity contribution < 1.29 is 13.2 Å². The number of nitrogens with one attached hydrogen (secondary N) is 1. The van der Waals surface area contributed by atoms with Crippen molar-refractivity contribution in [2.24, 2.45) is 5.92 Å². The summed E-state index contributed by atoms with van der Waals surface area (Å²) in [5.41, 5.74) is 0. The van der Waals surface area contributed by atoms with E-state index >= 15 is 0 Å². The Bertz CT molecular complexity index is 131. The van der Waals surface area contributed by atoms with Crippen LogP contribution < -0.4 is 5.32 Å². The number of hydrogen-bond acceptors (Lipinski definition) is 1. The van der Waals surface area contributed by atoms with E-state index in [4.69, 9.17) is 0 Å². The van der Waals surface area contributed by atoms with Crippen LogP contribution in [0.25, 0.3) is 0 Å². The van der Waals surface area contributed by atoms with Gasteiger partial charge in [-0.05, 0) is 19.8 Å². The van der Waals surface area contributed by atoms with E-state index in [0.717, 1.165) is 6.92 Å². The summed E-state index contributed by atoms with van der Waals surface area (Å²) < 4.78 is 36.0. The largest absolute Gasteiger partial charge is 0.403 e. The smallest absolute Gasteiger partial charge is 0.304 e. The Balaban J connectivity index is 3.93. The SMILES string of the molecule is CC(C)[C@@H](C)N[C@H](C)C(F)(F)F. The van der Waals surface area contributed by atoms with Crippen LogP contribution >= 0.6 is 0 Å². The second kappa shape index (κ2) is 4.12. The molecule has 0 heterocycles. The second-order valence-electron chi connectivity index (χ2n) is 3.46. The third-order valence-corrected chi connectivity index (χ3v) is 2.00. The van der Waals surface area contributed by atoms with E-state index in [1.54, 1.807) is 6.92 Å². The van der Waals surface area contributed by atoms with Gasteiger partial charge in [0.05, 0.1) is 0 Å². The molecule has 4 heteroatoms. The van der Waals surface area contributed by atoms with Gasteiger partial charge in [-0.1, -0.05) is 13.8 Å². The first-order valence-electron chi connectivity index (χ1n) is 4.08. The Labute approximate surface area is 71.3 Å². The standard InChI is InChI=1S/C8H16F3N/c1-5(2)6(3)12-7(4)8(9,10)11/h5-7,12H,1-4H3/t6-,7-/m1/s1. The summed E-state index contributed by atoms with van der Waals surface area (Å²) in [5, 5.41) is 2.49. The molecular weight excluding hydrogens is 167 g/mol. The van der Waals surface area contributed by atoms with Crippen LogP contribution in [0.15, 0.2) is 0 Å². The van der Waals surface area contributed by atoms with E-state index < -0.39 is 12.2 Å². The highest BCUT2D eigenvalue weighted by Gasteiger charge is 2.36. The van der Waals surface area contributed by atoms with Crippen LogP contribution in [0.5, 0.6) is 0 Å². The Morgan fingerprint density at radius 2 is 1.42 bits per heavy atom. The molecule has 0 aliphatic heterocycles. The molecule has 0 bridgehead atoms. The second-order valence-corrected chi connectivity index (χ2v) is 3.46. The lowest BCUT2D eigenvalue weighted by Gasteiger charge is -2.24. The highest BCUT2D eigenvalue weighted by atomic mass is 19.4. The summed E-state index contributed by atoms with van der Waals surface area (Å²) in [7, 11) is 0. The number of hydrogen-bond donors (Lipinski definition) is 1. The molecule has 0 amide bonds. The number of alkyl halides is 3. The highest BCUT2D eigenvalue weighted by molar-refractivity contribution is 4.75. The summed E-state index contributed by atoms with van der Waals surface area (Å²) in [6.45, 7) is 6.67. The van der Waals surface area contributed by atoms with E-state index in [1.165, 1.54) is 0 Å². The van der Waals surface area contributed by atoms with E-state index in [-0.39, 0.29) is 12.0 Å². The molecule has 0 aliphatic carbocycles. The van der Waals surface area contributed by atoms with Gasteiger partial charge in [0, 0.05) is 6.04 Å². The van der Waals surface area contributed by atoms with Gasteiger partial charge in [0.15, 0.2) is 0 Å². The highest BCUT2D eigenvalue weighted by Crippen LogP contribution is 2.20. The fourth-order valence-corrected chi connectivity index (χ4v) is 0.681. The number of rotatable bonds is 3. The molecule has 0 aromatic carbocycles. The molecule has 0 aromatic heterocycles. The Morgan fingerprint density at radius 3 is 1.67 bits per heavy atom. The van der Waals surface area contributed by atoms with Crippen molar-refractivity contribution in [1.82, 2.24) is 5.32 Å². The Morgan fingerprint density at radius 1 is 1.00 bits per heavy atom. The molecule has 2 atom stereocenters. The topological polar surface area (TPSA) is 12.0 Å². The van der Waals surface area contributed by atoms with E-state index in [9.17, 15) is 13.2 Å². The molecule has 0 spiro atoms. The minimum atomic E-state index is -4.14. The van der Waals surface area contributed by atoms with Gasteiger partial charge in [-0.3, -0.25) is 0 Å². The molecule has 0 rings (SSSR count). The molecule has 0 unspecified atom stereocenters. The lowest BCUT2D eigenvalue weighted by atomic mass is 10.1. The molecule has 1 N–H and O–H groups in total. The predicted molar refractivity (Wildman–Crippen MR) is 43.0 cm³/mol. The third-order valence-electron chi connectivity index (χ3n) is 2.00. The molecule has 0 radical (unpaired) electrons. The molecule has 74 valence electrons. The fraction of sp³-hybridized carbons (Fsp3) is 1.00.